The minimum Gasteiger partial charge on any atom is -0.482 e. The fourth-order valence-electron chi connectivity index (χ4n) is 4.64. The molecule has 18 heteroatoms. The summed E-state index contributed by atoms with van der Waals surface area (Å²) in [5.41, 5.74) is -2.32. The molecule has 1 unspecified atom stereocenters. The van der Waals surface area contributed by atoms with E-state index in [9.17, 15) is 23.6 Å². The number of thiazole rings is 1. The maximum atomic E-state index is 14.5. The second-order valence-corrected chi connectivity index (χ2v) is 16.6. The summed E-state index contributed by atoms with van der Waals surface area (Å²) in [6.45, 7) is 17.0. The zero-order valence-electron chi connectivity index (χ0n) is 30.5. The van der Waals surface area contributed by atoms with Gasteiger partial charge in [-0.3, -0.25) is 10.1 Å². The molecule has 1 atom stereocenters. The summed E-state index contributed by atoms with van der Waals surface area (Å²) in [4.78, 5) is 60.5. The van der Waals surface area contributed by atoms with Crippen LogP contribution in [0.3, 0.4) is 0 Å². The lowest BCUT2D eigenvalue weighted by molar-refractivity contribution is 0.0224. The Bertz CT molecular complexity index is 1840. The number of nitrogens with one attached hydrogen (secondary N) is 1. The van der Waals surface area contributed by atoms with E-state index in [4.69, 9.17) is 42.1 Å². The minimum absolute atomic E-state index is 0.0481. The molecule has 14 nitrogen and oxygen atoms in total. The van der Waals surface area contributed by atoms with Crippen LogP contribution < -0.4 is 15.0 Å². The number of benzene rings is 1. The van der Waals surface area contributed by atoms with Crippen molar-refractivity contribution < 1.29 is 42.5 Å². The third kappa shape index (κ3) is 10.4. The maximum Gasteiger partial charge on any atom is 0.425 e. The number of aromatic nitrogens is 3. The lowest BCUT2D eigenvalue weighted by atomic mass is 10.1. The van der Waals surface area contributed by atoms with Gasteiger partial charge in [0.2, 0.25) is 5.82 Å². The highest BCUT2D eigenvalue weighted by Gasteiger charge is 2.37. The van der Waals surface area contributed by atoms with Crippen LogP contribution in [-0.4, -0.2) is 67.6 Å². The van der Waals surface area contributed by atoms with E-state index in [0.717, 1.165) is 17.0 Å². The molecule has 282 valence electrons. The molecule has 3 heterocycles. The molecular weight excluding hydrogens is 742 g/mol. The molecule has 0 spiro atoms. The molecule has 1 N–H and O–H groups in total. The number of ether oxygens (including phenoxy) is 4. The van der Waals surface area contributed by atoms with Crippen molar-refractivity contribution in [3.8, 4) is 5.75 Å². The highest BCUT2D eigenvalue weighted by molar-refractivity contribution is 7.15. The van der Waals surface area contributed by atoms with E-state index in [1.165, 1.54) is 24.3 Å². The lowest BCUT2D eigenvalue weighted by Gasteiger charge is -2.29. The van der Waals surface area contributed by atoms with Crippen LogP contribution in [0.1, 0.15) is 102 Å². The topological polar surface area (TPSA) is 162 Å². The average molecular weight is 784 g/mol. The number of carbonyl (C=O) groups is 4. The predicted molar refractivity (Wildman–Crippen MR) is 193 cm³/mol. The van der Waals surface area contributed by atoms with Crippen LogP contribution in [0, 0.1) is 5.82 Å². The fourth-order valence-corrected chi connectivity index (χ4v) is 6.34. The van der Waals surface area contributed by atoms with Crippen molar-refractivity contribution in [1.82, 2.24) is 20.1 Å². The molecule has 3 aromatic rings. The number of nitrogens with zero attached hydrogens (tertiary/aromatic N) is 5. The Morgan fingerprint density at radius 2 is 1.54 bits per heavy atom. The minimum atomic E-state index is -1.18. The van der Waals surface area contributed by atoms with Gasteiger partial charge in [0.05, 0.1) is 17.3 Å². The second kappa shape index (κ2) is 15.4. The normalized spacial score (nSPS) is 13.8. The van der Waals surface area contributed by atoms with Crippen LogP contribution >= 0.6 is 34.5 Å². The number of hydrogen-bond donors (Lipinski definition) is 1. The molecule has 0 aliphatic carbocycles. The Morgan fingerprint density at radius 1 is 0.942 bits per heavy atom. The Labute approximate surface area is 314 Å². The van der Waals surface area contributed by atoms with Crippen molar-refractivity contribution in [3.63, 3.8) is 0 Å². The third-order valence-electron chi connectivity index (χ3n) is 6.73. The van der Waals surface area contributed by atoms with E-state index in [2.05, 4.69) is 20.5 Å². The Hall–Kier alpha value is -4.28. The molecule has 0 saturated heterocycles. The number of imide groups is 1. The molecule has 0 radical (unpaired) electrons. The fraction of sp³-hybridized carbons (Fsp3) is 0.500. The largest absolute Gasteiger partial charge is 0.482 e. The summed E-state index contributed by atoms with van der Waals surface area (Å²) in [5.74, 6) is -2.36. The van der Waals surface area contributed by atoms with Crippen LogP contribution in [0.5, 0.6) is 5.75 Å². The molecular formula is C34H41Cl2FN6O8S. The zero-order chi connectivity index (χ0) is 38.9. The summed E-state index contributed by atoms with van der Waals surface area (Å²) in [5, 5.41) is 10.7. The molecule has 1 aliphatic heterocycles. The van der Waals surface area contributed by atoms with Gasteiger partial charge in [-0.25, -0.2) is 23.8 Å². The van der Waals surface area contributed by atoms with Crippen molar-refractivity contribution in [1.29, 1.82) is 0 Å². The zero-order valence-corrected chi connectivity index (χ0v) is 32.8. The van der Waals surface area contributed by atoms with Crippen molar-refractivity contribution in [2.75, 3.05) is 16.8 Å². The second-order valence-electron chi connectivity index (χ2n) is 14.7. The van der Waals surface area contributed by atoms with Crippen molar-refractivity contribution in [2.24, 2.45) is 0 Å². The van der Waals surface area contributed by atoms with Crippen LogP contribution in [0.15, 0.2) is 18.2 Å². The summed E-state index contributed by atoms with van der Waals surface area (Å²) >= 11 is 13.8. The first-order valence-corrected chi connectivity index (χ1v) is 17.7. The van der Waals surface area contributed by atoms with Crippen LogP contribution in [0.4, 0.5) is 29.7 Å². The Morgan fingerprint density at radius 3 is 2.12 bits per heavy atom. The standard InChI is InChI=1S/C34H41Cl2FN6O8S/c1-17(24-18(35)11-12-19(37)25(24)36)48-22-15-21(40-41-26(22)43(30(46)50-33(5,6)7)31(47)51-34(8,9)10)27(44)39-28-38-20-13-14-42(16-23(20)52-28)29(45)49-32(2,3)4/h11-12,15,17H,13-14,16H2,1-10H3,(H,38,39,44). The number of rotatable bonds is 6. The smallest absolute Gasteiger partial charge is 0.425 e. The molecule has 1 aromatic carbocycles. The summed E-state index contributed by atoms with van der Waals surface area (Å²) in [7, 11) is 0. The van der Waals surface area contributed by atoms with Crippen molar-refractivity contribution in [2.45, 2.75) is 105 Å². The first kappa shape index (κ1) is 40.5. The van der Waals surface area contributed by atoms with E-state index in [-0.39, 0.29) is 38.7 Å². The van der Waals surface area contributed by atoms with Gasteiger partial charge in [-0.05, 0) is 81.4 Å². The first-order valence-electron chi connectivity index (χ1n) is 16.1. The van der Waals surface area contributed by atoms with Gasteiger partial charge in [0.25, 0.3) is 5.91 Å². The van der Waals surface area contributed by atoms with Crippen LogP contribution in [0.2, 0.25) is 10.0 Å². The number of anilines is 2. The SMILES string of the molecule is CC(Oc1cc(C(=O)Nc2nc3c(s2)CN(C(=O)OC(C)(C)C)CC3)nnc1N(C(=O)OC(C)(C)C)C(=O)OC(C)(C)C)c1c(Cl)ccc(F)c1Cl. The molecule has 0 bridgehead atoms. The molecule has 4 rings (SSSR count). The highest BCUT2D eigenvalue weighted by atomic mass is 35.5. The lowest BCUT2D eigenvalue weighted by Crippen LogP contribution is -2.44. The third-order valence-corrected chi connectivity index (χ3v) is 8.44. The average Bonchev–Trinajstić information content (AvgIpc) is 3.39. The molecule has 1 aliphatic rings. The van der Waals surface area contributed by atoms with Crippen LogP contribution in [0.25, 0.3) is 0 Å². The van der Waals surface area contributed by atoms with Gasteiger partial charge in [0.15, 0.2) is 16.6 Å². The van der Waals surface area contributed by atoms with Gasteiger partial charge in [-0.2, -0.15) is 4.90 Å². The Balaban J connectivity index is 1.72. The van der Waals surface area contributed by atoms with E-state index in [1.807, 2.05) is 0 Å². The number of carbonyl (C=O) groups excluding carboxylic acids is 4. The van der Waals surface area contributed by atoms with Crippen molar-refractivity contribution in [3.05, 3.63) is 55.9 Å². The van der Waals surface area contributed by atoms with Crippen molar-refractivity contribution >= 4 is 69.7 Å². The van der Waals surface area contributed by atoms with Gasteiger partial charge in [-0.1, -0.05) is 34.5 Å². The molecule has 52 heavy (non-hydrogen) atoms. The first-order chi connectivity index (χ1) is 23.9. The summed E-state index contributed by atoms with van der Waals surface area (Å²) < 4.78 is 37.1. The molecule has 2 aromatic heterocycles. The van der Waals surface area contributed by atoms with Gasteiger partial charge < -0.3 is 23.8 Å². The van der Waals surface area contributed by atoms with E-state index < -0.39 is 58.7 Å². The monoisotopic (exact) mass is 782 g/mol. The summed E-state index contributed by atoms with van der Waals surface area (Å²) in [6, 6.07) is 3.51. The van der Waals surface area contributed by atoms with Crippen LogP contribution in [-0.2, 0) is 27.2 Å². The molecule has 4 amide bonds. The Kier molecular flexibility index (Phi) is 12.0. The number of amides is 4. The quantitative estimate of drug-likeness (QED) is 0.188. The molecule has 0 saturated carbocycles. The van der Waals surface area contributed by atoms with E-state index in [0.29, 0.717) is 23.6 Å². The highest BCUT2D eigenvalue weighted by Crippen LogP contribution is 2.38. The maximum absolute atomic E-state index is 14.5. The number of hydrogen-bond acceptors (Lipinski definition) is 12. The van der Waals surface area contributed by atoms with E-state index in [1.54, 1.807) is 67.2 Å². The predicted octanol–water partition coefficient (Wildman–Crippen LogP) is 8.74. The summed E-state index contributed by atoms with van der Waals surface area (Å²) in [6.07, 6.45) is -3.49. The number of fused-ring (bicyclic) bond motifs is 1. The van der Waals surface area contributed by atoms with Gasteiger partial charge in [0, 0.05) is 34.5 Å². The van der Waals surface area contributed by atoms with Gasteiger partial charge in [-0.15, -0.1) is 10.2 Å². The van der Waals surface area contributed by atoms with Gasteiger partial charge in [0.1, 0.15) is 28.7 Å². The van der Waals surface area contributed by atoms with Gasteiger partial charge >= 0.3 is 18.3 Å². The molecule has 0 fully saturated rings. The number of halogens is 3. The van der Waals surface area contributed by atoms with E-state index >= 15 is 0 Å².